The Hall–Kier alpha value is -2.39. The van der Waals surface area contributed by atoms with Crippen molar-refractivity contribution in [2.45, 2.75) is 38.1 Å². The molecule has 2 aromatic rings. The number of rotatable bonds is 6. The Morgan fingerprint density at radius 2 is 1.77 bits per heavy atom. The van der Waals surface area contributed by atoms with Gasteiger partial charge < -0.3 is 10.2 Å². The highest BCUT2D eigenvalue weighted by atomic mass is 16.1. The second kappa shape index (κ2) is 9.35. The van der Waals surface area contributed by atoms with Crippen molar-refractivity contribution in [1.82, 2.24) is 4.90 Å². The first-order valence-electron chi connectivity index (χ1n) is 9.54. The number of likely N-dealkylation sites (tertiary alicyclic amines) is 1. The number of amides is 1. The fourth-order valence-electron chi connectivity index (χ4n) is 3.57. The van der Waals surface area contributed by atoms with Gasteiger partial charge in [-0.05, 0) is 63.0 Å². The molecule has 0 aliphatic carbocycles. The third-order valence-corrected chi connectivity index (χ3v) is 5.13. The molecule has 2 aromatic carbocycles. The van der Waals surface area contributed by atoms with E-state index in [9.17, 15) is 4.79 Å². The number of benzene rings is 2. The van der Waals surface area contributed by atoms with Crippen LogP contribution in [0.2, 0.25) is 0 Å². The summed E-state index contributed by atoms with van der Waals surface area (Å²) in [5.41, 5.74) is 2.76. The molecule has 0 bridgehead atoms. The fourth-order valence-corrected chi connectivity index (χ4v) is 3.57. The zero-order valence-corrected chi connectivity index (χ0v) is 15.5. The van der Waals surface area contributed by atoms with E-state index in [1.54, 1.807) is 0 Å². The average molecular weight is 348 g/mol. The zero-order valence-electron chi connectivity index (χ0n) is 15.5. The van der Waals surface area contributed by atoms with Gasteiger partial charge in [-0.15, -0.1) is 0 Å². The molecule has 1 saturated heterocycles. The minimum Gasteiger partial charge on any atom is -0.322 e. The van der Waals surface area contributed by atoms with E-state index < -0.39 is 0 Å². The topological polar surface area (TPSA) is 32.3 Å². The highest BCUT2D eigenvalue weighted by Crippen LogP contribution is 2.23. The molecular weight excluding hydrogens is 320 g/mol. The molecule has 0 radical (unpaired) electrons. The van der Waals surface area contributed by atoms with E-state index in [2.05, 4.69) is 17.3 Å². The molecule has 1 aliphatic rings. The molecule has 3 heteroatoms. The van der Waals surface area contributed by atoms with Gasteiger partial charge in [0, 0.05) is 17.3 Å². The smallest absolute Gasteiger partial charge is 0.251 e. The summed E-state index contributed by atoms with van der Waals surface area (Å²) < 4.78 is 0. The number of nitrogens with zero attached hydrogens (tertiary/aromatic N) is 1. The number of carbonyl (C=O) groups is 1. The van der Waals surface area contributed by atoms with E-state index in [0.717, 1.165) is 29.7 Å². The molecule has 0 saturated carbocycles. The molecule has 26 heavy (non-hydrogen) atoms. The van der Waals surface area contributed by atoms with Gasteiger partial charge in [-0.2, -0.15) is 0 Å². The van der Waals surface area contributed by atoms with Gasteiger partial charge in [0.2, 0.25) is 0 Å². The minimum absolute atomic E-state index is 0.00137. The predicted molar refractivity (Wildman–Crippen MR) is 109 cm³/mol. The van der Waals surface area contributed by atoms with E-state index in [1.165, 1.54) is 25.8 Å². The number of para-hydroxylation sites is 1. The molecular formula is C23H28N2O. The van der Waals surface area contributed by atoms with E-state index in [1.807, 2.05) is 66.7 Å². The number of anilines is 1. The van der Waals surface area contributed by atoms with Crippen LogP contribution >= 0.6 is 0 Å². The number of nitrogens with one attached hydrogen (secondary N) is 1. The van der Waals surface area contributed by atoms with Crippen LogP contribution in [0.1, 0.15) is 37.7 Å². The van der Waals surface area contributed by atoms with E-state index in [4.69, 9.17) is 0 Å². The summed E-state index contributed by atoms with van der Waals surface area (Å²) in [5, 5.41) is 3.04. The maximum atomic E-state index is 12.9. The van der Waals surface area contributed by atoms with Gasteiger partial charge in [0.1, 0.15) is 0 Å². The zero-order chi connectivity index (χ0) is 18.2. The van der Waals surface area contributed by atoms with Gasteiger partial charge in [-0.1, -0.05) is 55.0 Å². The molecule has 0 spiro atoms. The second-order valence-corrected chi connectivity index (χ2v) is 7.07. The largest absolute Gasteiger partial charge is 0.322 e. The van der Waals surface area contributed by atoms with Crippen LogP contribution in [0, 0.1) is 0 Å². The Morgan fingerprint density at radius 1 is 1.08 bits per heavy atom. The third kappa shape index (κ3) is 5.30. The first-order valence-corrected chi connectivity index (χ1v) is 9.54. The van der Waals surface area contributed by atoms with Crippen molar-refractivity contribution in [3.05, 3.63) is 71.8 Å². The van der Waals surface area contributed by atoms with Crippen LogP contribution in [0.4, 0.5) is 5.69 Å². The van der Waals surface area contributed by atoms with Gasteiger partial charge in [0.25, 0.3) is 5.91 Å². The Labute approximate surface area is 156 Å². The number of piperidine rings is 1. The van der Waals surface area contributed by atoms with Gasteiger partial charge in [0.15, 0.2) is 0 Å². The van der Waals surface area contributed by atoms with Crippen molar-refractivity contribution >= 4 is 17.7 Å². The summed E-state index contributed by atoms with van der Waals surface area (Å²) in [6.07, 6.45) is 7.66. The van der Waals surface area contributed by atoms with Gasteiger partial charge in [-0.25, -0.2) is 0 Å². The van der Waals surface area contributed by atoms with E-state index in [-0.39, 0.29) is 5.91 Å². The molecule has 136 valence electrons. The summed E-state index contributed by atoms with van der Waals surface area (Å²) in [7, 11) is 2.20. The second-order valence-electron chi connectivity index (χ2n) is 7.07. The highest BCUT2D eigenvalue weighted by Gasteiger charge is 2.20. The molecule has 1 aliphatic heterocycles. The number of hydrogen-bond donors (Lipinski definition) is 1. The van der Waals surface area contributed by atoms with E-state index in [0.29, 0.717) is 6.04 Å². The normalized spacial score (nSPS) is 18.5. The first kappa shape index (κ1) is 18.4. The number of hydrogen-bond acceptors (Lipinski definition) is 2. The van der Waals surface area contributed by atoms with Crippen LogP contribution in [0.25, 0.3) is 6.08 Å². The maximum absolute atomic E-state index is 12.9. The van der Waals surface area contributed by atoms with Crippen molar-refractivity contribution in [2.75, 3.05) is 18.9 Å². The average Bonchev–Trinajstić information content (AvgIpc) is 2.68. The van der Waals surface area contributed by atoms with Gasteiger partial charge >= 0.3 is 0 Å². The molecule has 1 amide bonds. The lowest BCUT2D eigenvalue weighted by Gasteiger charge is -2.32. The standard InChI is InChI=1S/C23H28N2O/c1-25-17-9-8-14-22(25)16-15-20(18-19-10-4-2-5-11-19)23(26)24-21-12-6-3-7-13-21/h2-7,10-13,18,22H,8-9,14-17H2,1H3,(H,24,26). The molecule has 3 nitrogen and oxygen atoms in total. The highest BCUT2D eigenvalue weighted by molar-refractivity contribution is 6.06. The molecule has 1 fully saturated rings. The number of carbonyl (C=O) groups excluding carboxylic acids is 1. The van der Waals surface area contributed by atoms with E-state index >= 15 is 0 Å². The lowest BCUT2D eigenvalue weighted by atomic mass is 9.95. The summed E-state index contributed by atoms with van der Waals surface area (Å²) in [6.45, 7) is 1.17. The Bertz CT molecular complexity index is 724. The van der Waals surface area contributed by atoms with Crippen LogP contribution in [0.5, 0.6) is 0 Å². The van der Waals surface area contributed by atoms with Crippen molar-refractivity contribution in [2.24, 2.45) is 0 Å². The van der Waals surface area contributed by atoms with Crippen LogP contribution in [0.3, 0.4) is 0 Å². The van der Waals surface area contributed by atoms with Crippen molar-refractivity contribution in [3.63, 3.8) is 0 Å². The molecule has 1 heterocycles. The van der Waals surface area contributed by atoms with Crippen LogP contribution in [-0.2, 0) is 4.79 Å². The van der Waals surface area contributed by atoms with Crippen molar-refractivity contribution in [1.29, 1.82) is 0 Å². The minimum atomic E-state index is -0.00137. The first-order chi connectivity index (χ1) is 12.7. The summed E-state index contributed by atoms with van der Waals surface area (Å²) in [6, 6.07) is 20.4. The summed E-state index contributed by atoms with van der Waals surface area (Å²) in [5.74, 6) is -0.00137. The quantitative estimate of drug-likeness (QED) is 0.747. The Morgan fingerprint density at radius 3 is 2.46 bits per heavy atom. The molecule has 3 rings (SSSR count). The van der Waals surface area contributed by atoms with Crippen LogP contribution < -0.4 is 5.32 Å². The molecule has 1 unspecified atom stereocenters. The summed E-state index contributed by atoms with van der Waals surface area (Å²) >= 11 is 0. The van der Waals surface area contributed by atoms with Crippen molar-refractivity contribution < 1.29 is 4.79 Å². The van der Waals surface area contributed by atoms with Gasteiger partial charge in [0.05, 0.1) is 0 Å². The summed E-state index contributed by atoms with van der Waals surface area (Å²) in [4.78, 5) is 15.3. The monoisotopic (exact) mass is 348 g/mol. The molecule has 0 aromatic heterocycles. The maximum Gasteiger partial charge on any atom is 0.251 e. The Kier molecular flexibility index (Phi) is 6.62. The Balaban J connectivity index is 1.73. The fraction of sp³-hybridized carbons (Fsp3) is 0.348. The molecule has 1 atom stereocenters. The van der Waals surface area contributed by atoms with Crippen LogP contribution in [0.15, 0.2) is 66.2 Å². The van der Waals surface area contributed by atoms with Crippen molar-refractivity contribution in [3.8, 4) is 0 Å². The van der Waals surface area contributed by atoms with Crippen LogP contribution in [-0.4, -0.2) is 30.4 Å². The SMILES string of the molecule is CN1CCCCC1CCC(=Cc1ccccc1)C(=O)Nc1ccccc1. The molecule has 1 N–H and O–H groups in total. The third-order valence-electron chi connectivity index (χ3n) is 5.13. The predicted octanol–water partition coefficient (Wildman–Crippen LogP) is 4.97. The lowest BCUT2D eigenvalue weighted by Crippen LogP contribution is -2.36. The lowest BCUT2D eigenvalue weighted by molar-refractivity contribution is -0.112. The van der Waals surface area contributed by atoms with Gasteiger partial charge in [-0.3, -0.25) is 4.79 Å².